The van der Waals surface area contributed by atoms with Gasteiger partial charge in [0.25, 0.3) is 5.91 Å². The van der Waals surface area contributed by atoms with Crippen molar-refractivity contribution in [3.63, 3.8) is 0 Å². The zero-order chi connectivity index (χ0) is 16.3. The molecule has 1 aliphatic heterocycles. The van der Waals surface area contributed by atoms with Gasteiger partial charge in [0.05, 0.1) is 11.3 Å². The summed E-state index contributed by atoms with van der Waals surface area (Å²) in [6.07, 6.45) is 1.23. The van der Waals surface area contributed by atoms with Gasteiger partial charge >= 0.3 is 0 Å². The van der Waals surface area contributed by atoms with E-state index in [1.165, 1.54) is 4.31 Å². The molecule has 2 rings (SSSR count). The molecule has 1 aromatic carbocycles. The molecule has 0 spiro atoms. The lowest BCUT2D eigenvalue weighted by molar-refractivity contribution is 0.0925. The third-order valence-corrected chi connectivity index (χ3v) is 6.18. The Bertz CT molecular complexity index is 661. The lowest BCUT2D eigenvalue weighted by atomic mass is 10.1. The third kappa shape index (κ3) is 5.07. The predicted octanol–water partition coefficient (Wildman–Crippen LogP) is 2.00. The highest BCUT2D eigenvalue weighted by molar-refractivity contribution is 9.10. The molecule has 1 amide bonds. The van der Waals surface area contributed by atoms with Gasteiger partial charge in [0.1, 0.15) is 0 Å². The fourth-order valence-corrected chi connectivity index (χ4v) is 3.98. The Labute approximate surface area is 151 Å². The quantitative estimate of drug-likeness (QED) is 0.720. The monoisotopic (exact) mass is 425 g/mol. The molecule has 0 atom stereocenters. The van der Waals surface area contributed by atoms with Crippen molar-refractivity contribution < 1.29 is 13.2 Å². The Balaban J connectivity index is 0.00000264. The number of benzene rings is 1. The van der Waals surface area contributed by atoms with E-state index in [9.17, 15) is 13.2 Å². The number of nitrogen functional groups attached to an aromatic ring is 1. The molecule has 6 nitrogen and oxygen atoms in total. The van der Waals surface area contributed by atoms with Crippen LogP contribution in [0.4, 0.5) is 5.69 Å². The van der Waals surface area contributed by atoms with Gasteiger partial charge in [0.2, 0.25) is 10.0 Å². The van der Waals surface area contributed by atoms with Crippen LogP contribution in [0.1, 0.15) is 30.1 Å². The van der Waals surface area contributed by atoms with Gasteiger partial charge < -0.3 is 11.1 Å². The van der Waals surface area contributed by atoms with Gasteiger partial charge in [0, 0.05) is 29.3 Å². The normalized spacial score (nSPS) is 16.6. The Kier molecular flexibility index (Phi) is 7.31. The van der Waals surface area contributed by atoms with Crippen LogP contribution in [-0.4, -0.2) is 43.5 Å². The van der Waals surface area contributed by atoms with Crippen molar-refractivity contribution in [2.45, 2.75) is 25.8 Å². The summed E-state index contributed by atoms with van der Waals surface area (Å²) in [5.41, 5.74) is 6.70. The smallest absolute Gasteiger partial charge is 0.253 e. The Morgan fingerprint density at radius 2 is 2.00 bits per heavy atom. The van der Waals surface area contributed by atoms with Crippen molar-refractivity contribution in [3.8, 4) is 0 Å². The maximum Gasteiger partial charge on any atom is 0.253 e. The highest BCUT2D eigenvalue weighted by Crippen LogP contribution is 2.20. The summed E-state index contributed by atoms with van der Waals surface area (Å²) in [7, 11) is -3.14. The van der Waals surface area contributed by atoms with Crippen molar-refractivity contribution >= 4 is 50.0 Å². The highest BCUT2D eigenvalue weighted by atomic mass is 79.9. The number of hydrogen-bond donors (Lipinski definition) is 2. The number of nitrogens with one attached hydrogen (secondary N) is 1. The summed E-state index contributed by atoms with van der Waals surface area (Å²) in [4.78, 5) is 12.2. The average Bonchev–Trinajstić information content (AvgIpc) is 2.47. The van der Waals surface area contributed by atoms with Gasteiger partial charge in [0.15, 0.2) is 0 Å². The number of rotatable bonds is 4. The minimum atomic E-state index is -3.14. The summed E-state index contributed by atoms with van der Waals surface area (Å²) in [6.45, 7) is 2.52. The van der Waals surface area contributed by atoms with Gasteiger partial charge in [-0.1, -0.05) is 15.9 Å². The van der Waals surface area contributed by atoms with Crippen molar-refractivity contribution in [1.82, 2.24) is 9.62 Å². The van der Waals surface area contributed by atoms with Gasteiger partial charge in [-0.15, -0.1) is 12.4 Å². The predicted molar refractivity (Wildman–Crippen MR) is 97.3 cm³/mol. The zero-order valence-corrected chi connectivity index (χ0v) is 16.0. The first-order chi connectivity index (χ1) is 10.3. The molecular formula is C14H21BrClN3O3S. The molecule has 1 saturated heterocycles. The second kappa shape index (κ2) is 8.32. The topological polar surface area (TPSA) is 92.5 Å². The number of sulfonamides is 1. The average molecular weight is 427 g/mol. The summed E-state index contributed by atoms with van der Waals surface area (Å²) >= 11 is 3.30. The minimum absolute atomic E-state index is 0. The first kappa shape index (κ1) is 20.2. The molecule has 130 valence electrons. The first-order valence-corrected chi connectivity index (χ1v) is 9.57. The van der Waals surface area contributed by atoms with E-state index < -0.39 is 10.0 Å². The molecule has 0 aliphatic carbocycles. The SMILES string of the molecule is CCS(=O)(=O)N1CCC(NC(=O)c2ccc(Br)cc2N)CC1.Cl. The molecular weight excluding hydrogens is 406 g/mol. The number of nitrogens with two attached hydrogens (primary N) is 1. The fraction of sp³-hybridized carbons (Fsp3) is 0.500. The van der Waals surface area contributed by atoms with E-state index in [4.69, 9.17) is 5.73 Å². The van der Waals surface area contributed by atoms with Crippen LogP contribution in [0, 0.1) is 0 Å². The van der Waals surface area contributed by atoms with E-state index in [2.05, 4.69) is 21.2 Å². The number of hydrogen-bond acceptors (Lipinski definition) is 4. The van der Waals surface area contributed by atoms with E-state index in [1.807, 2.05) is 0 Å². The number of carbonyl (C=O) groups is 1. The third-order valence-electron chi connectivity index (χ3n) is 3.81. The number of nitrogens with zero attached hydrogens (tertiary/aromatic N) is 1. The molecule has 3 N–H and O–H groups in total. The number of amides is 1. The number of anilines is 1. The Morgan fingerprint density at radius 3 is 2.52 bits per heavy atom. The second-order valence-corrected chi connectivity index (χ2v) is 8.45. The molecule has 0 aromatic heterocycles. The lowest BCUT2D eigenvalue weighted by Gasteiger charge is -2.31. The van der Waals surface area contributed by atoms with Crippen LogP contribution < -0.4 is 11.1 Å². The van der Waals surface area contributed by atoms with Crippen LogP contribution in [-0.2, 0) is 10.0 Å². The minimum Gasteiger partial charge on any atom is -0.398 e. The van der Waals surface area contributed by atoms with Crippen LogP contribution in [0.2, 0.25) is 0 Å². The highest BCUT2D eigenvalue weighted by Gasteiger charge is 2.27. The molecule has 9 heteroatoms. The van der Waals surface area contributed by atoms with Crippen LogP contribution in [0.15, 0.2) is 22.7 Å². The number of carbonyl (C=O) groups excluding carboxylic acids is 1. The second-order valence-electron chi connectivity index (χ2n) is 5.28. The first-order valence-electron chi connectivity index (χ1n) is 7.17. The molecule has 1 heterocycles. The Morgan fingerprint density at radius 1 is 1.39 bits per heavy atom. The van der Waals surface area contributed by atoms with E-state index in [0.29, 0.717) is 37.2 Å². The number of piperidine rings is 1. The summed E-state index contributed by atoms with van der Waals surface area (Å²) < 4.78 is 25.9. The van der Waals surface area contributed by atoms with Crippen LogP contribution in [0.3, 0.4) is 0 Å². The van der Waals surface area contributed by atoms with Crippen molar-refractivity contribution in [2.24, 2.45) is 0 Å². The molecule has 1 fully saturated rings. The molecule has 0 radical (unpaired) electrons. The fourth-order valence-electron chi connectivity index (χ4n) is 2.46. The molecule has 1 aromatic rings. The molecule has 0 saturated carbocycles. The Hall–Kier alpha value is -0.830. The largest absolute Gasteiger partial charge is 0.398 e. The maximum atomic E-state index is 12.2. The summed E-state index contributed by atoms with van der Waals surface area (Å²) in [5, 5.41) is 2.93. The van der Waals surface area contributed by atoms with E-state index >= 15 is 0 Å². The molecule has 0 bridgehead atoms. The summed E-state index contributed by atoms with van der Waals surface area (Å²) in [5.74, 6) is -0.110. The van der Waals surface area contributed by atoms with Gasteiger partial charge in [-0.05, 0) is 38.0 Å². The van der Waals surface area contributed by atoms with E-state index in [0.717, 1.165) is 4.47 Å². The van der Waals surface area contributed by atoms with E-state index in [-0.39, 0.29) is 30.1 Å². The van der Waals surface area contributed by atoms with Crippen molar-refractivity contribution in [3.05, 3.63) is 28.2 Å². The van der Waals surface area contributed by atoms with Crippen molar-refractivity contribution in [2.75, 3.05) is 24.6 Å². The standard InChI is InChI=1S/C14H20BrN3O3S.ClH/c1-2-22(20,21)18-7-5-11(6-8-18)17-14(19)12-4-3-10(15)9-13(12)16;/h3-4,9,11H,2,5-8,16H2,1H3,(H,17,19);1H. The number of halogens is 2. The van der Waals surface area contributed by atoms with Gasteiger partial charge in [-0.25, -0.2) is 12.7 Å². The van der Waals surface area contributed by atoms with Gasteiger partial charge in [-0.3, -0.25) is 4.79 Å². The zero-order valence-electron chi connectivity index (χ0n) is 12.8. The van der Waals surface area contributed by atoms with Crippen LogP contribution >= 0.6 is 28.3 Å². The molecule has 0 unspecified atom stereocenters. The van der Waals surface area contributed by atoms with E-state index in [1.54, 1.807) is 25.1 Å². The van der Waals surface area contributed by atoms with Crippen LogP contribution in [0.5, 0.6) is 0 Å². The molecule has 23 heavy (non-hydrogen) atoms. The van der Waals surface area contributed by atoms with Gasteiger partial charge in [-0.2, -0.15) is 0 Å². The maximum absolute atomic E-state index is 12.2. The van der Waals surface area contributed by atoms with Crippen LogP contribution in [0.25, 0.3) is 0 Å². The lowest BCUT2D eigenvalue weighted by Crippen LogP contribution is -2.46. The van der Waals surface area contributed by atoms with Crippen molar-refractivity contribution in [1.29, 1.82) is 0 Å². The molecule has 1 aliphatic rings. The summed E-state index contributed by atoms with van der Waals surface area (Å²) in [6, 6.07) is 5.09.